The minimum Gasteiger partial charge on any atom is -0.456 e. The van der Waals surface area contributed by atoms with Crippen molar-refractivity contribution < 1.29 is 8.83 Å². The first-order chi connectivity index (χ1) is 11.7. The summed E-state index contributed by atoms with van der Waals surface area (Å²) in [6.45, 7) is 0. The summed E-state index contributed by atoms with van der Waals surface area (Å²) in [5.41, 5.74) is 0.0611. The Labute approximate surface area is 134 Å². The molecule has 0 spiro atoms. The van der Waals surface area contributed by atoms with E-state index in [0.717, 1.165) is 16.4 Å². The van der Waals surface area contributed by atoms with E-state index < -0.39 is 11.3 Å². The van der Waals surface area contributed by atoms with Crippen LogP contribution in [0.5, 0.6) is 0 Å². The number of hydrogen-bond acceptors (Lipinski definition) is 4. The van der Waals surface area contributed by atoms with E-state index in [-0.39, 0.29) is 0 Å². The predicted octanol–water partition coefficient (Wildman–Crippen LogP) is 4.21. The zero-order chi connectivity index (χ0) is 16.3. The average Bonchev–Trinajstić information content (AvgIpc) is 2.93. The van der Waals surface area contributed by atoms with Crippen LogP contribution in [0.3, 0.4) is 0 Å². The molecule has 4 heteroatoms. The third-order valence-electron chi connectivity index (χ3n) is 4.36. The molecule has 0 atom stereocenters. The molecular weight excluding hydrogens is 304 g/mol. The van der Waals surface area contributed by atoms with E-state index in [1.807, 2.05) is 42.5 Å². The molecule has 0 aliphatic heterocycles. The first-order valence-electron chi connectivity index (χ1n) is 7.53. The lowest BCUT2D eigenvalue weighted by atomic mass is 10.0. The second-order valence-corrected chi connectivity index (χ2v) is 5.71. The molecule has 0 amide bonds. The van der Waals surface area contributed by atoms with Crippen molar-refractivity contribution in [2.24, 2.45) is 0 Å². The Hall–Kier alpha value is -3.40. The van der Waals surface area contributed by atoms with Gasteiger partial charge in [0.25, 0.3) is 0 Å². The molecule has 0 saturated carbocycles. The van der Waals surface area contributed by atoms with Crippen LogP contribution >= 0.6 is 0 Å². The minimum atomic E-state index is -0.659. The minimum absolute atomic E-state index is 0.333. The van der Waals surface area contributed by atoms with E-state index in [9.17, 15) is 9.59 Å². The maximum absolute atomic E-state index is 12.4. The first-order valence-corrected chi connectivity index (χ1v) is 7.53. The molecule has 0 unspecified atom stereocenters. The second-order valence-electron chi connectivity index (χ2n) is 5.71. The molecule has 24 heavy (non-hydrogen) atoms. The number of para-hydroxylation sites is 1. The van der Waals surface area contributed by atoms with Crippen molar-refractivity contribution in [2.75, 3.05) is 0 Å². The molecule has 0 bridgehead atoms. The lowest BCUT2D eigenvalue weighted by Crippen LogP contribution is -2.04. The van der Waals surface area contributed by atoms with E-state index in [1.54, 1.807) is 18.2 Å². The van der Waals surface area contributed by atoms with E-state index >= 15 is 0 Å². The first kappa shape index (κ1) is 13.1. The van der Waals surface area contributed by atoms with Crippen molar-refractivity contribution >= 4 is 43.5 Å². The molecule has 5 rings (SSSR count). The van der Waals surface area contributed by atoms with Crippen LogP contribution in [-0.2, 0) is 0 Å². The SMILES string of the molecule is O=c1oc(=O)c2cc3oc4ccccc4c3cc2c2ccccc12. The largest absolute Gasteiger partial charge is 0.456 e. The molecule has 5 aromatic rings. The molecule has 0 N–H and O–H groups in total. The highest BCUT2D eigenvalue weighted by Crippen LogP contribution is 2.32. The zero-order valence-corrected chi connectivity index (χ0v) is 12.4. The molecule has 2 heterocycles. The van der Waals surface area contributed by atoms with Crippen LogP contribution in [0.4, 0.5) is 0 Å². The standard InChI is InChI=1S/C20H10O4/c21-19-13-7-2-1-5-11(13)14-9-15-12-6-3-4-8-17(12)23-18(15)10-16(14)20(22)24-19/h1-10H. The van der Waals surface area contributed by atoms with Crippen LogP contribution < -0.4 is 11.3 Å². The van der Waals surface area contributed by atoms with Gasteiger partial charge in [-0.3, -0.25) is 0 Å². The quantitative estimate of drug-likeness (QED) is 0.430. The van der Waals surface area contributed by atoms with Gasteiger partial charge in [0.15, 0.2) is 0 Å². The molecule has 0 radical (unpaired) electrons. The Kier molecular flexibility index (Phi) is 2.48. The molecule has 3 aromatic carbocycles. The van der Waals surface area contributed by atoms with Crippen molar-refractivity contribution in [3.63, 3.8) is 0 Å². The van der Waals surface area contributed by atoms with Gasteiger partial charge in [0.05, 0.1) is 10.8 Å². The van der Waals surface area contributed by atoms with Gasteiger partial charge in [0.1, 0.15) is 11.2 Å². The number of benzene rings is 3. The van der Waals surface area contributed by atoms with Crippen molar-refractivity contribution in [1.29, 1.82) is 0 Å². The molecule has 114 valence electrons. The Bertz CT molecular complexity index is 1390. The van der Waals surface area contributed by atoms with Gasteiger partial charge in [0.2, 0.25) is 0 Å². The summed E-state index contributed by atoms with van der Waals surface area (Å²) in [5, 5.41) is 3.96. The van der Waals surface area contributed by atoms with Crippen LogP contribution in [0, 0.1) is 0 Å². The number of furan rings is 1. The fourth-order valence-electron chi connectivity index (χ4n) is 3.25. The third-order valence-corrected chi connectivity index (χ3v) is 4.36. The summed E-state index contributed by atoms with van der Waals surface area (Å²) < 4.78 is 10.8. The van der Waals surface area contributed by atoms with Crippen LogP contribution in [-0.4, -0.2) is 0 Å². The Balaban J connectivity index is 2.16. The van der Waals surface area contributed by atoms with Crippen LogP contribution in [0.1, 0.15) is 0 Å². The van der Waals surface area contributed by atoms with Gasteiger partial charge in [-0.05, 0) is 35.0 Å². The molecule has 0 saturated heterocycles. The normalized spacial score (nSPS) is 11.7. The topological polar surface area (TPSA) is 60.4 Å². The zero-order valence-electron chi connectivity index (χ0n) is 12.4. The van der Waals surface area contributed by atoms with Crippen molar-refractivity contribution in [3.8, 4) is 0 Å². The third kappa shape index (κ3) is 1.68. The highest BCUT2D eigenvalue weighted by Gasteiger charge is 2.12. The van der Waals surface area contributed by atoms with Crippen LogP contribution in [0.2, 0.25) is 0 Å². The number of hydrogen-bond donors (Lipinski definition) is 0. The van der Waals surface area contributed by atoms with Crippen LogP contribution in [0.25, 0.3) is 43.5 Å². The summed E-state index contributed by atoms with van der Waals surface area (Å²) >= 11 is 0. The van der Waals surface area contributed by atoms with Gasteiger partial charge in [-0.2, -0.15) is 0 Å². The predicted molar refractivity (Wildman–Crippen MR) is 93.5 cm³/mol. The smallest absolute Gasteiger partial charge is 0.346 e. The van der Waals surface area contributed by atoms with Gasteiger partial charge in [-0.25, -0.2) is 9.59 Å². The van der Waals surface area contributed by atoms with Crippen LogP contribution in [0.15, 0.2) is 79.1 Å². The van der Waals surface area contributed by atoms with Crippen molar-refractivity contribution in [3.05, 3.63) is 81.5 Å². The maximum atomic E-state index is 12.4. The summed E-state index contributed by atoms with van der Waals surface area (Å²) in [4.78, 5) is 24.5. The van der Waals surface area contributed by atoms with Gasteiger partial charge < -0.3 is 8.83 Å². The Morgan fingerprint density at radius 3 is 2.00 bits per heavy atom. The van der Waals surface area contributed by atoms with Gasteiger partial charge >= 0.3 is 11.3 Å². The lowest BCUT2D eigenvalue weighted by molar-refractivity contribution is 0.491. The van der Waals surface area contributed by atoms with E-state index in [0.29, 0.717) is 27.1 Å². The van der Waals surface area contributed by atoms with Gasteiger partial charge in [0, 0.05) is 10.8 Å². The van der Waals surface area contributed by atoms with Gasteiger partial charge in [-0.15, -0.1) is 0 Å². The summed E-state index contributed by atoms with van der Waals surface area (Å²) in [6, 6.07) is 18.3. The molecular formula is C20H10O4. The Morgan fingerprint density at radius 2 is 1.17 bits per heavy atom. The molecule has 4 nitrogen and oxygen atoms in total. The molecule has 0 aliphatic carbocycles. The maximum Gasteiger partial charge on any atom is 0.346 e. The monoisotopic (exact) mass is 314 g/mol. The second kappa shape index (κ2) is 4.55. The molecule has 0 aliphatic rings. The average molecular weight is 314 g/mol. The molecule has 2 aromatic heterocycles. The Morgan fingerprint density at radius 1 is 0.500 bits per heavy atom. The lowest BCUT2D eigenvalue weighted by Gasteiger charge is -1.96. The number of fused-ring (bicyclic) bond motifs is 6. The van der Waals surface area contributed by atoms with Crippen molar-refractivity contribution in [2.45, 2.75) is 0 Å². The summed E-state index contributed by atoms with van der Waals surface area (Å²) in [7, 11) is 0. The number of rotatable bonds is 0. The summed E-state index contributed by atoms with van der Waals surface area (Å²) in [6.07, 6.45) is 0. The fourth-order valence-corrected chi connectivity index (χ4v) is 3.25. The van der Waals surface area contributed by atoms with Gasteiger partial charge in [-0.1, -0.05) is 36.4 Å². The van der Waals surface area contributed by atoms with E-state index in [1.165, 1.54) is 0 Å². The highest BCUT2D eigenvalue weighted by molar-refractivity contribution is 6.15. The van der Waals surface area contributed by atoms with E-state index in [2.05, 4.69) is 0 Å². The summed E-state index contributed by atoms with van der Waals surface area (Å²) in [5.74, 6) is 0. The highest BCUT2D eigenvalue weighted by atomic mass is 16.4. The fraction of sp³-hybridized carbons (Fsp3) is 0. The van der Waals surface area contributed by atoms with E-state index in [4.69, 9.17) is 8.83 Å². The van der Waals surface area contributed by atoms with Crippen molar-refractivity contribution in [1.82, 2.24) is 0 Å². The molecule has 0 fully saturated rings.